The summed E-state index contributed by atoms with van der Waals surface area (Å²) in [6, 6.07) is 7.96. The number of hydrogen-bond donors (Lipinski definition) is 1. The average molecular weight is 465 g/mol. The lowest BCUT2D eigenvalue weighted by molar-refractivity contribution is -0.194. The van der Waals surface area contributed by atoms with Crippen LogP contribution in [0.25, 0.3) is 10.9 Å². The van der Waals surface area contributed by atoms with Crippen molar-refractivity contribution in [2.75, 3.05) is 60.2 Å². The minimum Gasteiger partial charge on any atom is -0.497 e. The van der Waals surface area contributed by atoms with Crippen LogP contribution in [0.5, 0.6) is 5.75 Å². The van der Waals surface area contributed by atoms with E-state index in [0.29, 0.717) is 11.8 Å². The highest BCUT2D eigenvalue weighted by Crippen LogP contribution is 2.42. The Bertz CT molecular complexity index is 991. The predicted molar refractivity (Wildman–Crippen MR) is 132 cm³/mol. The third-order valence-electron chi connectivity index (χ3n) is 8.22. The van der Waals surface area contributed by atoms with Crippen LogP contribution >= 0.6 is 0 Å². The van der Waals surface area contributed by atoms with E-state index in [0.717, 1.165) is 41.7 Å². The molecule has 0 amide bonds. The van der Waals surface area contributed by atoms with Gasteiger partial charge in [-0.25, -0.2) is 0 Å². The number of nitrogens with zero attached hydrogens (tertiary/aromatic N) is 6. The second-order valence-corrected chi connectivity index (χ2v) is 10.5. The number of aromatic nitrogens is 1. The number of methoxy groups -OCH3 is 1. The van der Waals surface area contributed by atoms with Crippen LogP contribution in [0, 0.1) is 11.8 Å². The first-order chi connectivity index (χ1) is 16.6. The van der Waals surface area contributed by atoms with Gasteiger partial charge in [0.15, 0.2) is 0 Å². The van der Waals surface area contributed by atoms with Gasteiger partial charge in [-0.15, -0.1) is 6.58 Å². The Labute approximate surface area is 202 Å². The molecule has 34 heavy (non-hydrogen) atoms. The second-order valence-electron chi connectivity index (χ2n) is 10.5. The Balaban J connectivity index is 0.000000178. The predicted octanol–water partition coefficient (Wildman–Crippen LogP) is 2.15. The van der Waals surface area contributed by atoms with E-state index in [9.17, 15) is 5.11 Å². The number of rotatable bonds is 4. The molecule has 0 unspecified atom stereocenters. The maximum absolute atomic E-state index is 11.2. The first kappa shape index (κ1) is 22.4. The van der Waals surface area contributed by atoms with E-state index in [4.69, 9.17) is 4.74 Å². The number of benzene rings is 1. The van der Waals surface area contributed by atoms with Gasteiger partial charge in [-0.3, -0.25) is 29.5 Å². The van der Waals surface area contributed by atoms with Crippen molar-refractivity contribution >= 4 is 10.9 Å². The molecule has 7 saturated heterocycles. The Kier molecular flexibility index (Phi) is 6.05. The Hall–Kier alpha value is -2.07. The molecule has 2 aromatic rings. The van der Waals surface area contributed by atoms with E-state index in [2.05, 4.69) is 42.1 Å². The van der Waals surface area contributed by atoms with E-state index in [1.807, 2.05) is 24.3 Å². The highest BCUT2D eigenvalue weighted by Gasteiger charge is 2.42. The van der Waals surface area contributed by atoms with E-state index in [1.54, 1.807) is 13.3 Å². The van der Waals surface area contributed by atoms with Crippen LogP contribution in [0.3, 0.4) is 0 Å². The van der Waals surface area contributed by atoms with Crippen LogP contribution in [0.4, 0.5) is 0 Å². The van der Waals surface area contributed by atoms with Gasteiger partial charge in [-0.2, -0.15) is 0 Å². The number of hydrogen-bond acceptors (Lipinski definition) is 8. The molecule has 8 heterocycles. The normalized spacial score (nSPS) is 38.3. The molecule has 182 valence electrons. The standard InChI is InChI=1S/C20H24N2O2.C6H12N4/c1-3-13-12-22-9-7-14(13)10-19(22)20(23)16-6-8-21-18-5-4-15(24-2)11-17(16)18;1-7-2-9-4-8(1)5-10(3-7)6-9/h3-6,8,11,13-14,19-20,23H,1,7,9-10,12H2,2H3;1-6H2/t13-,14-,19-,20+;/m0./s1. The molecule has 7 fully saturated rings. The molecule has 9 rings (SSSR count). The maximum atomic E-state index is 11.2. The smallest absolute Gasteiger partial charge is 0.119 e. The lowest BCUT2D eigenvalue weighted by Crippen LogP contribution is -2.71. The molecule has 0 aliphatic carbocycles. The van der Waals surface area contributed by atoms with Crippen molar-refractivity contribution in [3.8, 4) is 5.75 Å². The highest BCUT2D eigenvalue weighted by molar-refractivity contribution is 5.83. The first-order valence-corrected chi connectivity index (χ1v) is 12.5. The van der Waals surface area contributed by atoms with E-state index in [-0.39, 0.29) is 6.04 Å². The molecule has 7 aliphatic rings. The van der Waals surface area contributed by atoms with Crippen molar-refractivity contribution in [2.24, 2.45) is 11.8 Å². The van der Waals surface area contributed by atoms with Gasteiger partial charge < -0.3 is 9.84 Å². The number of piperidine rings is 3. The molecule has 5 atom stereocenters. The van der Waals surface area contributed by atoms with Crippen molar-refractivity contribution in [1.29, 1.82) is 0 Å². The number of aliphatic hydroxyl groups excluding tert-OH is 1. The van der Waals surface area contributed by atoms with Gasteiger partial charge in [0, 0.05) is 24.2 Å². The SMILES string of the molecule is C1N2CN3CN1CN(C2)C3.C=C[C@H]1C[N@]2CC[C@H]1C[C@H]2[C@H](O)c1ccnc2ccc(OC)cc12. The minimum absolute atomic E-state index is 0.178. The molecular weight excluding hydrogens is 428 g/mol. The molecule has 0 spiro atoms. The van der Waals surface area contributed by atoms with Crippen LogP contribution in [0.2, 0.25) is 0 Å². The summed E-state index contributed by atoms with van der Waals surface area (Å²) in [4.78, 5) is 16.7. The molecular formula is C26H36N6O2. The average Bonchev–Trinajstić information content (AvgIpc) is 2.87. The second kappa shape index (κ2) is 9.18. The Morgan fingerprint density at radius 3 is 2.29 bits per heavy atom. The highest BCUT2D eigenvalue weighted by atomic mass is 16.5. The fraction of sp³-hybridized carbons (Fsp3) is 0.577. The lowest BCUT2D eigenvalue weighted by atomic mass is 9.73. The first-order valence-electron chi connectivity index (χ1n) is 12.5. The maximum Gasteiger partial charge on any atom is 0.119 e. The van der Waals surface area contributed by atoms with Crippen molar-refractivity contribution in [2.45, 2.75) is 25.0 Å². The van der Waals surface area contributed by atoms with Gasteiger partial charge in [0.1, 0.15) is 5.75 Å². The summed E-state index contributed by atoms with van der Waals surface area (Å²) in [6.07, 6.45) is 5.62. The van der Waals surface area contributed by atoms with Gasteiger partial charge >= 0.3 is 0 Å². The summed E-state index contributed by atoms with van der Waals surface area (Å²) in [6.45, 7) is 13.2. The summed E-state index contributed by atoms with van der Waals surface area (Å²) in [5.74, 6) is 2.01. The molecule has 7 aliphatic heterocycles. The molecule has 8 nitrogen and oxygen atoms in total. The van der Waals surface area contributed by atoms with Gasteiger partial charge in [0.05, 0.1) is 58.7 Å². The van der Waals surface area contributed by atoms with Gasteiger partial charge in [0.2, 0.25) is 0 Å². The fourth-order valence-corrected chi connectivity index (χ4v) is 6.68. The molecule has 6 bridgehead atoms. The van der Waals surface area contributed by atoms with E-state index < -0.39 is 6.10 Å². The van der Waals surface area contributed by atoms with Crippen LogP contribution in [-0.2, 0) is 0 Å². The topological polar surface area (TPSA) is 58.6 Å². The zero-order valence-corrected chi connectivity index (χ0v) is 20.1. The van der Waals surface area contributed by atoms with Crippen LogP contribution in [0.1, 0.15) is 24.5 Å². The monoisotopic (exact) mass is 464 g/mol. The quantitative estimate of drug-likeness (QED) is 0.691. The largest absolute Gasteiger partial charge is 0.497 e. The van der Waals surface area contributed by atoms with E-state index >= 15 is 0 Å². The zero-order valence-electron chi connectivity index (χ0n) is 20.1. The summed E-state index contributed by atoms with van der Waals surface area (Å²) < 4.78 is 5.35. The lowest BCUT2D eigenvalue weighted by Gasteiger charge is -2.56. The number of aliphatic hydroxyl groups is 1. The van der Waals surface area contributed by atoms with Gasteiger partial charge in [0.25, 0.3) is 0 Å². The van der Waals surface area contributed by atoms with Crippen LogP contribution < -0.4 is 4.74 Å². The van der Waals surface area contributed by atoms with Crippen LogP contribution in [-0.4, -0.2) is 101 Å². The minimum atomic E-state index is -0.504. The molecule has 0 saturated carbocycles. The molecule has 1 N–H and O–H groups in total. The summed E-state index contributed by atoms with van der Waals surface area (Å²) in [5.41, 5.74) is 1.85. The van der Waals surface area contributed by atoms with Gasteiger partial charge in [-0.05, 0) is 61.1 Å². The summed E-state index contributed by atoms with van der Waals surface area (Å²) in [7, 11) is 1.66. The third kappa shape index (κ3) is 4.12. The van der Waals surface area contributed by atoms with Crippen molar-refractivity contribution in [3.05, 3.63) is 48.7 Å². The third-order valence-corrected chi connectivity index (χ3v) is 8.22. The van der Waals surface area contributed by atoms with Crippen molar-refractivity contribution in [1.82, 2.24) is 29.5 Å². The number of ether oxygens (including phenoxy) is 1. The Morgan fingerprint density at radius 2 is 1.74 bits per heavy atom. The summed E-state index contributed by atoms with van der Waals surface area (Å²) >= 11 is 0. The zero-order chi connectivity index (χ0) is 23.2. The molecule has 1 aromatic heterocycles. The van der Waals surface area contributed by atoms with Gasteiger partial charge in [-0.1, -0.05) is 6.08 Å². The van der Waals surface area contributed by atoms with Crippen molar-refractivity contribution < 1.29 is 9.84 Å². The van der Waals surface area contributed by atoms with Crippen molar-refractivity contribution in [3.63, 3.8) is 0 Å². The Morgan fingerprint density at radius 1 is 1.06 bits per heavy atom. The molecule has 8 heteroatoms. The molecule has 0 radical (unpaired) electrons. The van der Waals surface area contributed by atoms with E-state index in [1.165, 1.54) is 46.4 Å². The summed E-state index contributed by atoms with van der Waals surface area (Å²) in [5, 5.41) is 12.1. The number of pyridine rings is 1. The van der Waals surface area contributed by atoms with Crippen LogP contribution in [0.15, 0.2) is 43.1 Å². The molecule has 1 aromatic carbocycles. The number of fused-ring (bicyclic) bond motifs is 4. The fourth-order valence-electron chi connectivity index (χ4n) is 6.68.